The number of anilines is 3. The molecule has 0 aliphatic carbocycles. The fraction of sp³-hybridized carbons (Fsp3) is 0.286. The fourth-order valence-electron chi connectivity index (χ4n) is 2.02. The molecule has 0 amide bonds. The van der Waals surface area contributed by atoms with Crippen molar-refractivity contribution >= 4 is 28.9 Å². The maximum atomic E-state index is 13.9. The lowest BCUT2D eigenvalue weighted by Crippen LogP contribution is -2.08. The first-order valence-corrected chi connectivity index (χ1v) is 6.76. The van der Waals surface area contributed by atoms with E-state index in [1.165, 1.54) is 6.33 Å². The highest BCUT2D eigenvalue weighted by atomic mass is 35.5. The van der Waals surface area contributed by atoms with E-state index in [2.05, 4.69) is 20.6 Å². The Morgan fingerprint density at radius 2 is 1.81 bits per heavy atom. The number of rotatable bonds is 4. The van der Waals surface area contributed by atoms with Crippen LogP contribution in [-0.4, -0.2) is 17.0 Å². The largest absolute Gasteiger partial charge is 0.373 e. The molecule has 0 unspecified atom stereocenters. The van der Waals surface area contributed by atoms with Crippen LogP contribution in [0.5, 0.6) is 0 Å². The number of nitrogens with one attached hydrogen (secondary N) is 2. The first-order chi connectivity index (χ1) is 9.93. The molecule has 0 aliphatic rings. The summed E-state index contributed by atoms with van der Waals surface area (Å²) in [6.07, 6.45) is 1.36. The van der Waals surface area contributed by atoms with Crippen LogP contribution in [0.25, 0.3) is 0 Å². The molecule has 21 heavy (non-hydrogen) atoms. The second kappa shape index (κ2) is 6.22. The van der Waals surface area contributed by atoms with E-state index >= 15 is 0 Å². The van der Waals surface area contributed by atoms with Gasteiger partial charge >= 0.3 is 0 Å². The van der Waals surface area contributed by atoms with Gasteiger partial charge in [-0.3, -0.25) is 0 Å². The summed E-state index contributed by atoms with van der Waals surface area (Å²) in [4.78, 5) is 8.26. The monoisotopic (exact) mass is 312 g/mol. The van der Waals surface area contributed by atoms with Crippen LogP contribution in [0.2, 0.25) is 5.02 Å². The van der Waals surface area contributed by atoms with Gasteiger partial charge in [0.05, 0.1) is 10.7 Å². The molecule has 0 aliphatic heterocycles. The van der Waals surface area contributed by atoms with E-state index in [9.17, 15) is 8.78 Å². The molecule has 2 N–H and O–H groups in total. The Bertz CT molecular complexity index is 638. The van der Waals surface area contributed by atoms with Crippen molar-refractivity contribution in [2.75, 3.05) is 17.7 Å². The molecule has 112 valence electrons. The fourth-order valence-corrected chi connectivity index (χ4v) is 2.26. The van der Waals surface area contributed by atoms with Gasteiger partial charge < -0.3 is 10.6 Å². The van der Waals surface area contributed by atoms with E-state index in [4.69, 9.17) is 11.6 Å². The lowest BCUT2D eigenvalue weighted by atomic mass is 10.0. The SMILES string of the molecule is CNc1ncnc(Nc2c(F)cc(F)cc2Cl)c1C(C)C. The average molecular weight is 313 g/mol. The summed E-state index contributed by atoms with van der Waals surface area (Å²) < 4.78 is 27.0. The number of nitrogens with zero attached hydrogens (tertiary/aromatic N) is 2. The third-order valence-corrected chi connectivity index (χ3v) is 3.25. The summed E-state index contributed by atoms with van der Waals surface area (Å²) in [5.74, 6) is -0.346. The Balaban J connectivity index is 2.50. The van der Waals surface area contributed by atoms with Crippen LogP contribution in [0.1, 0.15) is 25.3 Å². The first kappa shape index (κ1) is 15.4. The third kappa shape index (κ3) is 3.21. The van der Waals surface area contributed by atoms with Gasteiger partial charge in [-0.15, -0.1) is 0 Å². The normalized spacial score (nSPS) is 10.8. The second-order valence-electron chi connectivity index (χ2n) is 4.76. The van der Waals surface area contributed by atoms with E-state index in [1.54, 1.807) is 7.05 Å². The van der Waals surface area contributed by atoms with Gasteiger partial charge in [0.25, 0.3) is 0 Å². The minimum Gasteiger partial charge on any atom is -0.373 e. The Kier molecular flexibility index (Phi) is 4.57. The van der Waals surface area contributed by atoms with Crippen LogP contribution in [0.3, 0.4) is 0 Å². The summed E-state index contributed by atoms with van der Waals surface area (Å²) >= 11 is 5.89. The summed E-state index contributed by atoms with van der Waals surface area (Å²) in [6.45, 7) is 3.93. The quantitative estimate of drug-likeness (QED) is 0.883. The second-order valence-corrected chi connectivity index (χ2v) is 5.17. The van der Waals surface area contributed by atoms with Crippen LogP contribution in [0.4, 0.5) is 26.1 Å². The number of benzene rings is 1. The van der Waals surface area contributed by atoms with Gasteiger partial charge in [-0.25, -0.2) is 18.7 Å². The third-order valence-electron chi connectivity index (χ3n) is 2.95. The van der Waals surface area contributed by atoms with Crippen molar-refractivity contribution < 1.29 is 8.78 Å². The van der Waals surface area contributed by atoms with Gasteiger partial charge in [-0.05, 0) is 12.0 Å². The number of hydrogen-bond acceptors (Lipinski definition) is 4. The van der Waals surface area contributed by atoms with Crippen molar-refractivity contribution in [1.82, 2.24) is 9.97 Å². The van der Waals surface area contributed by atoms with Crippen LogP contribution in [-0.2, 0) is 0 Å². The molecule has 0 atom stereocenters. The standard InChI is InChI=1S/C14H15ClF2N4/c1-7(2)11-13(18-3)19-6-20-14(11)21-12-9(15)4-8(16)5-10(12)17/h4-7H,1-3H3,(H2,18,19,20,21). The Labute approximate surface area is 126 Å². The average Bonchev–Trinajstić information content (AvgIpc) is 2.42. The Morgan fingerprint density at radius 1 is 1.14 bits per heavy atom. The lowest BCUT2D eigenvalue weighted by Gasteiger charge is -2.17. The molecule has 0 radical (unpaired) electrons. The van der Waals surface area contributed by atoms with E-state index in [0.29, 0.717) is 11.6 Å². The van der Waals surface area contributed by atoms with Gasteiger partial charge in [0.15, 0.2) is 5.82 Å². The predicted octanol–water partition coefficient (Wildman–Crippen LogP) is 4.32. The summed E-state index contributed by atoms with van der Waals surface area (Å²) in [5, 5.41) is 5.74. The number of hydrogen-bond donors (Lipinski definition) is 2. The molecule has 4 nitrogen and oxygen atoms in total. The number of halogens is 3. The lowest BCUT2D eigenvalue weighted by molar-refractivity contribution is 0.586. The molecule has 1 heterocycles. The predicted molar refractivity (Wildman–Crippen MR) is 80.3 cm³/mol. The molecule has 0 spiro atoms. The minimum atomic E-state index is -0.778. The van der Waals surface area contributed by atoms with Gasteiger partial charge in [0.1, 0.15) is 23.8 Å². The Hall–Kier alpha value is -1.95. The maximum absolute atomic E-state index is 13.9. The van der Waals surface area contributed by atoms with Crippen molar-refractivity contribution in [1.29, 1.82) is 0 Å². The molecule has 1 aromatic carbocycles. The van der Waals surface area contributed by atoms with Crippen molar-refractivity contribution in [3.8, 4) is 0 Å². The molecule has 0 fully saturated rings. The van der Waals surface area contributed by atoms with Crippen LogP contribution in [0.15, 0.2) is 18.5 Å². The van der Waals surface area contributed by atoms with Gasteiger partial charge in [0, 0.05) is 18.7 Å². The number of aromatic nitrogens is 2. The van der Waals surface area contributed by atoms with Gasteiger partial charge in [0.2, 0.25) is 0 Å². The molecule has 1 aromatic heterocycles. The van der Waals surface area contributed by atoms with Gasteiger partial charge in [-0.1, -0.05) is 25.4 Å². The maximum Gasteiger partial charge on any atom is 0.151 e. The summed E-state index contributed by atoms with van der Waals surface area (Å²) in [7, 11) is 1.74. The van der Waals surface area contributed by atoms with E-state index in [0.717, 1.165) is 17.7 Å². The molecule has 7 heteroatoms. The minimum absolute atomic E-state index is 0.0132. The van der Waals surface area contributed by atoms with E-state index < -0.39 is 11.6 Å². The molecular weight excluding hydrogens is 298 g/mol. The zero-order chi connectivity index (χ0) is 15.6. The highest BCUT2D eigenvalue weighted by Gasteiger charge is 2.17. The molecule has 0 saturated carbocycles. The Morgan fingerprint density at radius 3 is 2.38 bits per heavy atom. The van der Waals surface area contributed by atoms with E-state index in [1.807, 2.05) is 13.8 Å². The highest BCUT2D eigenvalue weighted by molar-refractivity contribution is 6.33. The van der Waals surface area contributed by atoms with Crippen molar-refractivity contribution in [2.45, 2.75) is 19.8 Å². The summed E-state index contributed by atoms with van der Waals surface area (Å²) in [6, 6.07) is 1.81. The van der Waals surface area contributed by atoms with Crippen molar-refractivity contribution in [2.24, 2.45) is 0 Å². The van der Waals surface area contributed by atoms with Crippen molar-refractivity contribution in [3.05, 3.63) is 40.7 Å². The molecule has 0 saturated heterocycles. The first-order valence-electron chi connectivity index (χ1n) is 6.38. The molecule has 0 bridgehead atoms. The van der Waals surface area contributed by atoms with Gasteiger partial charge in [-0.2, -0.15) is 0 Å². The summed E-state index contributed by atoms with van der Waals surface area (Å²) in [5.41, 5.74) is 0.778. The van der Waals surface area contributed by atoms with Crippen molar-refractivity contribution in [3.63, 3.8) is 0 Å². The van der Waals surface area contributed by atoms with Crippen LogP contribution < -0.4 is 10.6 Å². The van der Waals surface area contributed by atoms with Crippen LogP contribution in [0, 0.1) is 11.6 Å². The molecular formula is C14H15ClF2N4. The molecule has 2 aromatic rings. The highest BCUT2D eigenvalue weighted by Crippen LogP contribution is 2.34. The zero-order valence-corrected chi connectivity index (χ0v) is 12.6. The topological polar surface area (TPSA) is 49.8 Å². The van der Waals surface area contributed by atoms with E-state index in [-0.39, 0.29) is 16.6 Å². The molecule has 2 rings (SSSR count). The van der Waals surface area contributed by atoms with Crippen LogP contribution >= 0.6 is 11.6 Å². The zero-order valence-electron chi connectivity index (χ0n) is 11.8. The smallest absolute Gasteiger partial charge is 0.151 e.